The number of benzene rings is 1. The molecule has 0 unspecified atom stereocenters. The summed E-state index contributed by atoms with van der Waals surface area (Å²) in [7, 11) is 0. The third-order valence-corrected chi connectivity index (χ3v) is 2.19. The van der Waals surface area contributed by atoms with E-state index in [1.807, 2.05) is 12.1 Å². The highest BCUT2D eigenvalue weighted by atomic mass is 16.6. The lowest BCUT2D eigenvalue weighted by Gasteiger charge is -2.18. The average molecular weight is 207 g/mol. The molecule has 15 heavy (non-hydrogen) atoms. The molecule has 1 aromatic rings. The van der Waals surface area contributed by atoms with Gasteiger partial charge in [-0.05, 0) is 30.4 Å². The van der Waals surface area contributed by atoms with Crippen LogP contribution in [0.25, 0.3) is 0 Å². The lowest BCUT2D eigenvalue weighted by Crippen LogP contribution is -2.09. The summed E-state index contributed by atoms with van der Waals surface area (Å²) in [5, 5.41) is 10.6. The molecule has 82 valence electrons. The number of rotatable bonds is 2. The number of hydrogen-bond acceptors (Lipinski definition) is 2. The van der Waals surface area contributed by atoms with E-state index >= 15 is 0 Å². The maximum atomic E-state index is 10.6. The van der Waals surface area contributed by atoms with Crippen LogP contribution >= 0.6 is 0 Å². The molecule has 1 aromatic carbocycles. The fourth-order valence-corrected chi connectivity index (χ4v) is 1.64. The molecule has 0 saturated heterocycles. The van der Waals surface area contributed by atoms with Gasteiger partial charge in [0.25, 0.3) is 5.69 Å². The van der Waals surface area contributed by atoms with Crippen molar-refractivity contribution in [2.24, 2.45) is 5.41 Å². The first-order chi connectivity index (χ1) is 6.79. The Morgan fingerprint density at radius 2 is 1.93 bits per heavy atom. The Bertz CT molecular complexity index is 378. The van der Waals surface area contributed by atoms with E-state index in [1.165, 1.54) is 0 Å². The van der Waals surface area contributed by atoms with Gasteiger partial charge >= 0.3 is 0 Å². The van der Waals surface area contributed by atoms with Crippen LogP contribution in [-0.2, 0) is 6.42 Å². The van der Waals surface area contributed by atoms with Gasteiger partial charge in [0.15, 0.2) is 0 Å². The van der Waals surface area contributed by atoms with Crippen molar-refractivity contribution in [3.8, 4) is 0 Å². The highest BCUT2D eigenvalue weighted by Crippen LogP contribution is 2.24. The van der Waals surface area contributed by atoms with E-state index in [0.29, 0.717) is 0 Å². The highest BCUT2D eigenvalue weighted by molar-refractivity contribution is 5.41. The molecular formula is C12H17NO2. The molecule has 0 radical (unpaired) electrons. The summed E-state index contributed by atoms with van der Waals surface area (Å²) in [6.45, 7) is 8.25. The van der Waals surface area contributed by atoms with E-state index in [1.54, 1.807) is 13.0 Å². The SMILES string of the molecule is Cc1cc(CC(C)(C)C)ccc1[N+](=O)[O-]. The van der Waals surface area contributed by atoms with Crippen LogP contribution in [0.4, 0.5) is 5.69 Å². The quantitative estimate of drug-likeness (QED) is 0.550. The van der Waals surface area contributed by atoms with Crippen LogP contribution in [0.1, 0.15) is 31.9 Å². The summed E-state index contributed by atoms with van der Waals surface area (Å²) in [6, 6.07) is 5.34. The van der Waals surface area contributed by atoms with Gasteiger partial charge in [-0.2, -0.15) is 0 Å². The van der Waals surface area contributed by atoms with Crippen LogP contribution < -0.4 is 0 Å². The number of hydrogen-bond donors (Lipinski definition) is 0. The Morgan fingerprint density at radius 3 is 2.33 bits per heavy atom. The zero-order valence-electron chi connectivity index (χ0n) is 9.70. The van der Waals surface area contributed by atoms with Crippen molar-refractivity contribution in [3.63, 3.8) is 0 Å². The second-order valence-corrected chi connectivity index (χ2v) is 5.12. The summed E-state index contributed by atoms with van der Waals surface area (Å²) < 4.78 is 0. The van der Waals surface area contributed by atoms with Gasteiger partial charge in [0.1, 0.15) is 0 Å². The molecule has 0 bridgehead atoms. The molecule has 0 aliphatic heterocycles. The Kier molecular flexibility index (Phi) is 3.12. The van der Waals surface area contributed by atoms with Crippen molar-refractivity contribution in [2.75, 3.05) is 0 Å². The fraction of sp³-hybridized carbons (Fsp3) is 0.500. The normalized spacial score (nSPS) is 11.5. The van der Waals surface area contributed by atoms with Crippen molar-refractivity contribution >= 4 is 5.69 Å². The van der Waals surface area contributed by atoms with Crippen LogP contribution in [0.15, 0.2) is 18.2 Å². The zero-order chi connectivity index (χ0) is 11.6. The summed E-state index contributed by atoms with van der Waals surface area (Å²) >= 11 is 0. The second-order valence-electron chi connectivity index (χ2n) is 5.12. The first-order valence-electron chi connectivity index (χ1n) is 5.03. The molecule has 1 rings (SSSR count). The third kappa shape index (κ3) is 3.35. The van der Waals surface area contributed by atoms with Crippen molar-refractivity contribution in [2.45, 2.75) is 34.1 Å². The zero-order valence-corrected chi connectivity index (χ0v) is 9.70. The summed E-state index contributed by atoms with van der Waals surface area (Å²) in [5.74, 6) is 0. The van der Waals surface area contributed by atoms with Gasteiger partial charge in [0.2, 0.25) is 0 Å². The Labute approximate surface area is 90.3 Å². The van der Waals surface area contributed by atoms with Crippen LogP contribution in [0, 0.1) is 22.5 Å². The molecule has 3 nitrogen and oxygen atoms in total. The Balaban J connectivity index is 2.97. The van der Waals surface area contributed by atoms with Gasteiger partial charge in [-0.25, -0.2) is 0 Å². The molecule has 0 heterocycles. The molecule has 0 spiro atoms. The lowest BCUT2D eigenvalue weighted by molar-refractivity contribution is -0.385. The molecule has 0 fully saturated rings. The van der Waals surface area contributed by atoms with Crippen LogP contribution in [0.3, 0.4) is 0 Å². The Morgan fingerprint density at radius 1 is 1.33 bits per heavy atom. The molecule has 0 amide bonds. The number of nitrogens with zero attached hydrogens (tertiary/aromatic N) is 1. The fourth-order valence-electron chi connectivity index (χ4n) is 1.64. The van der Waals surface area contributed by atoms with Gasteiger partial charge in [-0.3, -0.25) is 10.1 Å². The van der Waals surface area contributed by atoms with Crippen LogP contribution in [0.5, 0.6) is 0 Å². The minimum absolute atomic E-state index is 0.202. The predicted molar refractivity (Wildman–Crippen MR) is 61.0 cm³/mol. The molecule has 0 aliphatic rings. The molecule has 0 N–H and O–H groups in total. The monoisotopic (exact) mass is 207 g/mol. The van der Waals surface area contributed by atoms with Crippen LogP contribution in [0.2, 0.25) is 0 Å². The number of nitro groups is 1. The standard InChI is InChI=1S/C12H17NO2/c1-9-7-10(8-12(2,3)4)5-6-11(9)13(14)15/h5-7H,8H2,1-4H3. The minimum atomic E-state index is -0.337. The first kappa shape index (κ1) is 11.7. The maximum Gasteiger partial charge on any atom is 0.272 e. The highest BCUT2D eigenvalue weighted by Gasteiger charge is 2.14. The predicted octanol–water partition coefficient (Wildman–Crippen LogP) is 3.49. The van der Waals surface area contributed by atoms with Crippen LogP contribution in [-0.4, -0.2) is 4.92 Å². The minimum Gasteiger partial charge on any atom is -0.258 e. The average Bonchev–Trinajstić information content (AvgIpc) is 1.99. The molecule has 3 heteroatoms. The molecular weight excluding hydrogens is 190 g/mol. The third-order valence-electron chi connectivity index (χ3n) is 2.19. The maximum absolute atomic E-state index is 10.6. The molecule has 0 atom stereocenters. The van der Waals surface area contributed by atoms with Crippen molar-refractivity contribution in [3.05, 3.63) is 39.4 Å². The number of nitro benzene ring substituents is 1. The Hall–Kier alpha value is -1.38. The van der Waals surface area contributed by atoms with Gasteiger partial charge in [0, 0.05) is 11.6 Å². The molecule has 0 saturated carbocycles. The smallest absolute Gasteiger partial charge is 0.258 e. The van der Waals surface area contributed by atoms with Gasteiger partial charge < -0.3 is 0 Å². The molecule has 0 aliphatic carbocycles. The number of aryl methyl sites for hydroxylation is 1. The molecule has 0 aromatic heterocycles. The van der Waals surface area contributed by atoms with E-state index in [4.69, 9.17) is 0 Å². The largest absolute Gasteiger partial charge is 0.272 e. The van der Waals surface area contributed by atoms with Crippen molar-refractivity contribution in [1.82, 2.24) is 0 Å². The van der Waals surface area contributed by atoms with E-state index in [0.717, 1.165) is 17.5 Å². The second kappa shape index (κ2) is 4.01. The van der Waals surface area contributed by atoms with Gasteiger partial charge in [-0.15, -0.1) is 0 Å². The summed E-state index contributed by atoms with van der Waals surface area (Å²) in [5.41, 5.74) is 2.31. The lowest BCUT2D eigenvalue weighted by atomic mass is 9.87. The van der Waals surface area contributed by atoms with Crippen molar-refractivity contribution in [1.29, 1.82) is 0 Å². The topological polar surface area (TPSA) is 43.1 Å². The summed E-state index contributed by atoms with van der Waals surface area (Å²) in [6.07, 6.45) is 0.936. The van der Waals surface area contributed by atoms with E-state index in [2.05, 4.69) is 20.8 Å². The van der Waals surface area contributed by atoms with Gasteiger partial charge in [0.05, 0.1) is 4.92 Å². The van der Waals surface area contributed by atoms with E-state index in [9.17, 15) is 10.1 Å². The summed E-state index contributed by atoms with van der Waals surface area (Å²) in [4.78, 5) is 10.3. The van der Waals surface area contributed by atoms with Gasteiger partial charge in [-0.1, -0.05) is 26.8 Å². The van der Waals surface area contributed by atoms with Crippen molar-refractivity contribution < 1.29 is 4.92 Å². The van der Waals surface area contributed by atoms with E-state index < -0.39 is 0 Å². The van der Waals surface area contributed by atoms with E-state index in [-0.39, 0.29) is 16.0 Å². The first-order valence-corrected chi connectivity index (χ1v) is 5.03.